The van der Waals surface area contributed by atoms with E-state index in [1.54, 1.807) is 77.2 Å². The molecule has 0 saturated carbocycles. The van der Waals surface area contributed by atoms with E-state index in [2.05, 4.69) is 29.9 Å². The average molecular weight is 785 g/mol. The number of fused-ring (bicyclic) bond motifs is 2. The third-order valence-corrected chi connectivity index (χ3v) is 9.92. The molecule has 0 amide bonds. The number of aromatic nitrogens is 6. The van der Waals surface area contributed by atoms with Crippen LogP contribution >= 0.6 is 0 Å². The number of nitrogens with zero attached hydrogens (tertiary/aromatic N) is 6. The van der Waals surface area contributed by atoms with Gasteiger partial charge in [-0.2, -0.15) is 0 Å². The maximum absolute atomic E-state index is 12.6. The Bertz CT molecular complexity index is 2010. The van der Waals surface area contributed by atoms with E-state index >= 15 is 0 Å². The Morgan fingerprint density at radius 3 is 1.26 bits per heavy atom. The van der Waals surface area contributed by atoms with Crippen LogP contribution in [0.4, 0.5) is 0 Å². The molecule has 2 aromatic carbocycles. The van der Waals surface area contributed by atoms with Gasteiger partial charge in [0.1, 0.15) is 23.0 Å². The van der Waals surface area contributed by atoms with Gasteiger partial charge in [-0.15, -0.1) is 0 Å². The first-order valence-electron chi connectivity index (χ1n) is 14.8. The van der Waals surface area contributed by atoms with Crippen LogP contribution in [0.1, 0.15) is 33.6 Å². The normalized spacial score (nSPS) is 11.2. The Kier molecular flexibility index (Phi) is 19.8. The molecular formula is C34H44MgN6O10S2. The van der Waals surface area contributed by atoms with Gasteiger partial charge in [0.2, 0.25) is 0 Å². The van der Waals surface area contributed by atoms with Crippen LogP contribution in [0.2, 0.25) is 0 Å². The van der Waals surface area contributed by atoms with Gasteiger partial charge in [-0.25, -0.2) is 0 Å². The fraction of sp³-hybridized carbons (Fsp3) is 0.294. The molecule has 6 rings (SSSR count). The van der Waals surface area contributed by atoms with Crippen molar-refractivity contribution < 1.29 is 49.3 Å². The summed E-state index contributed by atoms with van der Waals surface area (Å²) in [5.41, 5.74) is 7.87. The van der Waals surface area contributed by atoms with Gasteiger partial charge in [0.25, 0.3) is 0 Å². The molecule has 4 aromatic heterocycles. The van der Waals surface area contributed by atoms with Gasteiger partial charge < -0.3 is 60.8 Å². The second-order valence-corrected chi connectivity index (χ2v) is 13.5. The Hall–Kier alpha value is -4.21. The number of imidazole rings is 2. The second kappa shape index (κ2) is 21.5. The molecule has 16 nitrogen and oxygen atoms in total. The van der Waals surface area contributed by atoms with Gasteiger partial charge in [0.05, 0.1) is 72.9 Å². The van der Waals surface area contributed by atoms with Crippen molar-refractivity contribution in [3.8, 4) is 23.0 Å². The minimum Gasteiger partial charge on any atom is -0.497 e. The van der Waals surface area contributed by atoms with Gasteiger partial charge in [-0.1, -0.05) is 12.1 Å². The van der Waals surface area contributed by atoms with Crippen molar-refractivity contribution in [2.45, 2.75) is 49.5 Å². The quantitative estimate of drug-likeness (QED) is 0.178. The molecule has 0 unspecified atom stereocenters. The minimum absolute atomic E-state index is 0. The summed E-state index contributed by atoms with van der Waals surface area (Å²) in [7, 11) is 3.66. The fourth-order valence-electron chi connectivity index (χ4n) is 5.11. The van der Waals surface area contributed by atoms with E-state index in [0.29, 0.717) is 43.9 Å². The Morgan fingerprint density at radius 1 is 0.585 bits per heavy atom. The summed E-state index contributed by atoms with van der Waals surface area (Å²) in [6, 6.07) is 10.8. The molecule has 6 aromatic rings. The summed E-state index contributed by atoms with van der Waals surface area (Å²) < 4.78 is 46.4. The van der Waals surface area contributed by atoms with Crippen LogP contribution in [0.5, 0.6) is 23.0 Å². The summed E-state index contributed by atoms with van der Waals surface area (Å²) in [4.78, 5) is 26.2. The molecule has 0 aliphatic rings. The fourth-order valence-corrected chi connectivity index (χ4v) is 7.24. The average Bonchev–Trinajstić information content (AvgIpc) is 3.72. The van der Waals surface area contributed by atoms with Crippen LogP contribution in [-0.2, 0) is 33.1 Å². The summed E-state index contributed by atoms with van der Waals surface area (Å²) in [5, 5.41) is 0.609. The second-order valence-electron chi connectivity index (χ2n) is 10.8. The van der Waals surface area contributed by atoms with E-state index in [-0.39, 0.29) is 56.5 Å². The van der Waals surface area contributed by atoms with Gasteiger partial charge in [-0.3, -0.25) is 18.4 Å². The molecule has 4 heterocycles. The van der Waals surface area contributed by atoms with Crippen molar-refractivity contribution in [1.82, 2.24) is 29.9 Å². The van der Waals surface area contributed by atoms with Crippen molar-refractivity contribution in [2.75, 3.05) is 28.4 Å². The van der Waals surface area contributed by atoms with E-state index in [1.165, 1.54) is 0 Å². The van der Waals surface area contributed by atoms with Crippen molar-refractivity contribution >= 4 is 66.7 Å². The number of hydrogen-bond donors (Lipinski definition) is 0. The third-order valence-electron chi connectivity index (χ3n) is 7.67. The maximum Gasteiger partial charge on any atom is 2.00 e. The zero-order valence-corrected chi connectivity index (χ0v) is 33.7. The number of pyridine rings is 2. The Labute approximate surface area is 327 Å². The van der Waals surface area contributed by atoms with Crippen LogP contribution in [0, 0.1) is 27.7 Å². The summed E-state index contributed by atoms with van der Waals surface area (Å²) in [6.45, 7) is 7.69. The van der Waals surface area contributed by atoms with E-state index in [4.69, 9.17) is 18.9 Å². The molecule has 0 aliphatic heterocycles. The van der Waals surface area contributed by atoms with E-state index < -0.39 is 21.6 Å². The molecular weight excluding hydrogens is 741 g/mol. The summed E-state index contributed by atoms with van der Waals surface area (Å²) in [6.07, 6.45) is 3.46. The van der Waals surface area contributed by atoms with Crippen LogP contribution in [0.15, 0.2) is 59.1 Å². The smallest absolute Gasteiger partial charge is 0.497 e. The minimum atomic E-state index is -1.38. The molecule has 0 spiro atoms. The van der Waals surface area contributed by atoms with Gasteiger partial charge >= 0.3 is 23.1 Å². The molecule has 0 bridgehead atoms. The number of methoxy groups -OCH3 is 4. The largest absolute Gasteiger partial charge is 2.00 e. The van der Waals surface area contributed by atoms with Crippen molar-refractivity contribution in [2.24, 2.45) is 0 Å². The van der Waals surface area contributed by atoms with Gasteiger partial charge in [-0.05, 0) is 74.0 Å². The van der Waals surface area contributed by atoms with E-state index in [9.17, 15) is 8.42 Å². The molecule has 53 heavy (non-hydrogen) atoms. The zero-order chi connectivity index (χ0) is 34.5. The third kappa shape index (κ3) is 10.9. The summed E-state index contributed by atoms with van der Waals surface area (Å²) in [5.74, 6) is 3.43. The number of rotatable bonds is 10. The van der Waals surface area contributed by atoms with Gasteiger partial charge in [0, 0.05) is 45.0 Å². The maximum atomic E-state index is 12.6. The first-order chi connectivity index (χ1) is 23.1. The van der Waals surface area contributed by atoms with Crippen LogP contribution in [-0.4, -0.2) is 102 Å². The Balaban J connectivity index is 0.000000932. The predicted molar refractivity (Wildman–Crippen MR) is 204 cm³/mol. The van der Waals surface area contributed by atoms with Crippen LogP contribution in [0.3, 0.4) is 0 Å². The van der Waals surface area contributed by atoms with E-state index in [1.807, 2.05) is 27.7 Å². The van der Waals surface area contributed by atoms with Crippen molar-refractivity contribution in [3.63, 3.8) is 0 Å². The number of aryl methyl sites for hydroxylation is 2. The van der Waals surface area contributed by atoms with Crippen molar-refractivity contribution in [1.29, 1.82) is 0 Å². The molecule has 284 valence electrons. The topological polar surface area (TPSA) is 277 Å². The molecule has 0 fully saturated rings. The predicted octanol–water partition coefficient (Wildman–Crippen LogP) is 1.38. The van der Waals surface area contributed by atoms with Crippen LogP contribution in [0.25, 0.3) is 22.1 Å². The summed E-state index contributed by atoms with van der Waals surface area (Å²) >= 11 is 0. The molecule has 0 aliphatic carbocycles. The van der Waals surface area contributed by atoms with E-state index in [0.717, 1.165) is 45.1 Å². The molecule has 8 N–H and O–H groups in total. The number of benzene rings is 2. The molecule has 0 radical (unpaired) electrons. The SMILES string of the molecule is COc1ccc2[n-]c([S@@](=O)Cc3ncc(C)c(OC)c3C)nc2c1.COc1ccc2[n-]c([S@@](=O)Cc3ncc(C)c(OC)c3C)nc2c1.O.O.O.O.[Mg+2]. The standard InChI is InChI=1S/2C17H18N3O3S.Mg.4H2O/c2*1-10-8-18-15(11(2)16(10)23-4)9-24(21)17-19-13-6-5-12(22-3)7-14(13)20-17;;;;;/h2*5-8H,9H2,1-4H3;;4*1H2/q2*-1;+2;;;;/t2*24-;;;;;/m00...../s1. The first-order valence-corrected chi connectivity index (χ1v) is 17.4. The number of ether oxygens (including phenoxy) is 4. The van der Waals surface area contributed by atoms with Crippen molar-refractivity contribution in [3.05, 3.63) is 82.4 Å². The zero-order valence-electron chi connectivity index (χ0n) is 30.7. The molecule has 0 saturated heterocycles. The van der Waals surface area contributed by atoms with Gasteiger partial charge in [0.15, 0.2) is 0 Å². The first kappa shape index (κ1) is 48.8. The molecule has 2 atom stereocenters. The van der Waals surface area contributed by atoms with Crippen LogP contribution < -0.4 is 28.9 Å². The Morgan fingerprint density at radius 2 is 0.943 bits per heavy atom. The number of hydrogen-bond acceptors (Lipinski definition) is 10. The monoisotopic (exact) mass is 784 g/mol. The molecule has 19 heteroatoms.